The number of benzene rings is 1. The lowest BCUT2D eigenvalue weighted by atomic mass is 10.1. The summed E-state index contributed by atoms with van der Waals surface area (Å²) in [5.41, 5.74) is 4.69. The Hall–Kier alpha value is -2.64. The summed E-state index contributed by atoms with van der Waals surface area (Å²) in [4.78, 5) is 31.2. The minimum atomic E-state index is -1.18. The SMILES string of the molecule is NC(=O)c1ccc([N+](=O)[O-])c(NCC(=O)O)c1. The van der Waals surface area contributed by atoms with Gasteiger partial charge in [-0.05, 0) is 12.1 Å². The van der Waals surface area contributed by atoms with Gasteiger partial charge < -0.3 is 16.2 Å². The van der Waals surface area contributed by atoms with Gasteiger partial charge >= 0.3 is 5.97 Å². The van der Waals surface area contributed by atoms with Gasteiger partial charge in [-0.3, -0.25) is 19.7 Å². The molecule has 0 aliphatic carbocycles. The van der Waals surface area contributed by atoms with Crippen molar-refractivity contribution < 1.29 is 19.6 Å². The van der Waals surface area contributed by atoms with E-state index < -0.39 is 23.3 Å². The van der Waals surface area contributed by atoms with Crippen molar-refractivity contribution in [2.75, 3.05) is 11.9 Å². The van der Waals surface area contributed by atoms with Crippen LogP contribution in [0.15, 0.2) is 18.2 Å². The predicted octanol–water partition coefficient (Wildman–Crippen LogP) is 0.190. The number of nitro groups is 1. The maximum atomic E-state index is 10.9. The van der Waals surface area contributed by atoms with Gasteiger partial charge in [0, 0.05) is 11.6 Å². The van der Waals surface area contributed by atoms with Crippen molar-refractivity contribution >= 4 is 23.3 Å². The zero-order chi connectivity index (χ0) is 13.0. The Morgan fingerprint density at radius 2 is 2.12 bits per heavy atom. The molecule has 1 aromatic carbocycles. The van der Waals surface area contributed by atoms with Gasteiger partial charge in [-0.2, -0.15) is 0 Å². The lowest BCUT2D eigenvalue weighted by Gasteiger charge is -2.05. The molecule has 0 saturated heterocycles. The molecule has 8 nitrogen and oxygen atoms in total. The number of hydrogen-bond donors (Lipinski definition) is 3. The van der Waals surface area contributed by atoms with E-state index in [1.54, 1.807) is 0 Å². The number of hydrogen-bond acceptors (Lipinski definition) is 5. The third kappa shape index (κ3) is 3.16. The molecule has 0 fully saturated rings. The first-order chi connectivity index (χ1) is 7.91. The molecule has 1 rings (SSSR count). The number of nitrogens with two attached hydrogens (primary N) is 1. The van der Waals surface area contributed by atoms with Gasteiger partial charge in [0.2, 0.25) is 5.91 Å². The van der Waals surface area contributed by atoms with Crippen LogP contribution >= 0.6 is 0 Å². The molecular formula is C9H9N3O5. The fourth-order valence-corrected chi connectivity index (χ4v) is 1.16. The first-order valence-corrected chi connectivity index (χ1v) is 4.45. The second-order valence-electron chi connectivity index (χ2n) is 3.10. The van der Waals surface area contributed by atoms with Gasteiger partial charge in [0.15, 0.2) is 0 Å². The molecule has 17 heavy (non-hydrogen) atoms. The van der Waals surface area contributed by atoms with E-state index in [1.807, 2.05) is 0 Å². The molecule has 8 heteroatoms. The summed E-state index contributed by atoms with van der Waals surface area (Å²) in [7, 11) is 0. The van der Waals surface area contributed by atoms with Gasteiger partial charge in [0.05, 0.1) is 4.92 Å². The summed E-state index contributed by atoms with van der Waals surface area (Å²) in [6, 6.07) is 3.43. The van der Waals surface area contributed by atoms with Crippen molar-refractivity contribution in [1.82, 2.24) is 0 Å². The number of rotatable bonds is 5. The van der Waals surface area contributed by atoms with Crippen LogP contribution in [-0.4, -0.2) is 28.5 Å². The molecule has 4 N–H and O–H groups in total. The number of carbonyl (C=O) groups is 2. The molecular weight excluding hydrogens is 230 g/mol. The van der Waals surface area contributed by atoms with Crippen LogP contribution in [0, 0.1) is 10.1 Å². The van der Waals surface area contributed by atoms with Crippen molar-refractivity contribution in [2.45, 2.75) is 0 Å². The first kappa shape index (κ1) is 12.4. The number of nitrogens with zero attached hydrogens (tertiary/aromatic N) is 1. The number of carbonyl (C=O) groups excluding carboxylic acids is 1. The number of carboxylic acids is 1. The van der Waals surface area contributed by atoms with Gasteiger partial charge in [-0.25, -0.2) is 0 Å². The maximum Gasteiger partial charge on any atom is 0.322 e. The monoisotopic (exact) mass is 239 g/mol. The molecule has 0 aliphatic heterocycles. The number of amides is 1. The van der Waals surface area contributed by atoms with Crippen molar-refractivity contribution in [3.63, 3.8) is 0 Å². The van der Waals surface area contributed by atoms with Crippen LogP contribution < -0.4 is 11.1 Å². The summed E-state index contributed by atoms with van der Waals surface area (Å²) in [5, 5.41) is 21.4. The second-order valence-corrected chi connectivity index (χ2v) is 3.10. The van der Waals surface area contributed by atoms with E-state index in [0.717, 1.165) is 12.1 Å². The average molecular weight is 239 g/mol. The smallest absolute Gasteiger partial charge is 0.322 e. The van der Waals surface area contributed by atoms with Gasteiger partial charge in [0.1, 0.15) is 12.2 Å². The lowest BCUT2D eigenvalue weighted by molar-refractivity contribution is -0.383. The zero-order valence-electron chi connectivity index (χ0n) is 8.54. The third-order valence-corrected chi connectivity index (χ3v) is 1.91. The van der Waals surface area contributed by atoms with Gasteiger partial charge in [-0.1, -0.05) is 0 Å². The Bertz CT molecular complexity index is 486. The molecule has 0 radical (unpaired) electrons. The van der Waals surface area contributed by atoms with E-state index >= 15 is 0 Å². The standard InChI is InChI=1S/C9H9N3O5/c10-9(15)5-1-2-7(12(16)17)6(3-5)11-4-8(13)14/h1-3,11H,4H2,(H2,10,15)(H,13,14). The molecule has 0 atom stereocenters. The van der Waals surface area contributed by atoms with Crippen LogP contribution in [-0.2, 0) is 4.79 Å². The summed E-state index contributed by atoms with van der Waals surface area (Å²) in [6.45, 7) is -0.497. The fourth-order valence-electron chi connectivity index (χ4n) is 1.16. The fraction of sp³-hybridized carbons (Fsp3) is 0.111. The van der Waals surface area contributed by atoms with Crippen LogP contribution in [0.1, 0.15) is 10.4 Å². The Kier molecular flexibility index (Phi) is 3.60. The van der Waals surface area contributed by atoms with Gasteiger partial charge in [-0.15, -0.1) is 0 Å². The molecule has 0 aromatic heterocycles. The molecule has 0 spiro atoms. The number of nitrogens with one attached hydrogen (secondary N) is 1. The Morgan fingerprint density at radius 1 is 1.47 bits per heavy atom. The molecule has 1 aromatic rings. The highest BCUT2D eigenvalue weighted by molar-refractivity contribution is 5.94. The Labute approximate surface area is 95.2 Å². The van der Waals surface area contributed by atoms with E-state index in [4.69, 9.17) is 10.8 Å². The van der Waals surface area contributed by atoms with E-state index in [1.165, 1.54) is 6.07 Å². The normalized spacial score (nSPS) is 9.65. The lowest BCUT2D eigenvalue weighted by Crippen LogP contribution is -2.15. The van der Waals surface area contributed by atoms with Crippen LogP contribution in [0.4, 0.5) is 11.4 Å². The minimum Gasteiger partial charge on any atom is -0.480 e. The maximum absolute atomic E-state index is 10.9. The van der Waals surface area contributed by atoms with Crippen molar-refractivity contribution in [1.29, 1.82) is 0 Å². The molecule has 0 saturated carbocycles. The quantitative estimate of drug-likeness (QED) is 0.495. The largest absolute Gasteiger partial charge is 0.480 e. The molecule has 0 unspecified atom stereocenters. The topological polar surface area (TPSA) is 136 Å². The molecule has 0 bridgehead atoms. The van der Waals surface area contributed by atoms with E-state index in [2.05, 4.69) is 5.32 Å². The Balaban J connectivity index is 3.11. The molecule has 1 amide bonds. The van der Waals surface area contributed by atoms with Gasteiger partial charge in [0.25, 0.3) is 5.69 Å². The summed E-state index contributed by atoms with van der Waals surface area (Å²) >= 11 is 0. The van der Waals surface area contributed by atoms with E-state index in [-0.39, 0.29) is 16.9 Å². The van der Waals surface area contributed by atoms with E-state index in [9.17, 15) is 19.7 Å². The van der Waals surface area contributed by atoms with Crippen molar-refractivity contribution in [3.05, 3.63) is 33.9 Å². The second kappa shape index (κ2) is 4.92. The highest BCUT2D eigenvalue weighted by Gasteiger charge is 2.16. The van der Waals surface area contributed by atoms with E-state index in [0.29, 0.717) is 0 Å². The minimum absolute atomic E-state index is 0.0588. The molecule has 0 heterocycles. The molecule has 90 valence electrons. The number of aliphatic carboxylic acids is 1. The zero-order valence-corrected chi connectivity index (χ0v) is 8.54. The number of carboxylic acid groups (broad SMARTS) is 1. The first-order valence-electron chi connectivity index (χ1n) is 4.45. The number of anilines is 1. The summed E-state index contributed by atoms with van der Waals surface area (Å²) in [6.07, 6.45) is 0. The van der Waals surface area contributed by atoms with Crippen molar-refractivity contribution in [3.8, 4) is 0 Å². The highest BCUT2D eigenvalue weighted by Crippen LogP contribution is 2.25. The van der Waals surface area contributed by atoms with Crippen molar-refractivity contribution in [2.24, 2.45) is 5.73 Å². The predicted molar refractivity (Wildman–Crippen MR) is 57.7 cm³/mol. The van der Waals surface area contributed by atoms with Crippen LogP contribution in [0.5, 0.6) is 0 Å². The molecule has 0 aliphatic rings. The van der Waals surface area contributed by atoms with Crippen LogP contribution in [0.3, 0.4) is 0 Å². The third-order valence-electron chi connectivity index (χ3n) is 1.91. The summed E-state index contributed by atoms with van der Waals surface area (Å²) < 4.78 is 0. The number of nitro benzene ring substituents is 1. The van der Waals surface area contributed by atoms with Crippen LogP contribution in [0.2, 0.25) is 0 Å². The summed E-state index contributed by atoms with van der Waals surface area (Å²) in [5.74, 6) is -1.93. The number of primary amides is 1. The average Bonchev–Trinajstić information content (AvgIpc) is 2.25. The Morgan fingerprint density at radius 3 is 2.59 bits per heavy atom. The van der Waals surface area contributed by atoms with Crippen LogP contribution in [0.25, 0.3) is 0 Å². The highest BCUT2D eigenvalue weighted by atomic mass is 16.6.